The summed E-state index contributed by atoms with van der Waals surface area (Å²) in [6, 6.07) is 8.22. The molecular weight excluding hydrogens is 272 g/mol. The summed E-state index contributed by atoms with van der Waals surface area (Å²) in [5, 5.41) is 7.37. The molecule has 21 heavy (non-hydrogen) atoms. The number of carbonyl (C=O) groups excluding carboxylic acids is 2. The predicted octanol–water partition coefficient (Wildman–Crippen LogP) is 2.05. The lowest BCUT2D eigenvalue weighted by Crippen LogP contribution is -2.07. The average molecular weight is 284 g/mol. The van der Waals surface area contributed by atoms with E-state index < -0.39 is 0 Å². The molecular formula is C15H12N2O4. The Hall–Kier alpha value is -2.76. The summed E-state index contributed by atoms with van der Waals surface area (Å²) in [5.74, 6) is 0.867. The van der Waals surface area contributed by atoms with Gasteiger partial charge in [0, 0.05) is 24.6 Å². The van der Waals surface area contributed by atoms with E-state index in [-0.39, 0.29) is 36.9 Å². The van der Waals surface area contributed by atoms with Gasteiger partial charge in [-0.1, -0.05) is 0 Å². The van der Waals surface area contributed by atoms with Crippen molar-refractivity contribution in [2.45, 2.75) is 12.8 Å². The van der Waals surface area contributed by atoms with Crippen LogP contribution in [0.4, 0.5) is 0 Å². The number of nitrogens with zero attached hydrogens (tertiary/aromatic N) is 2. The largest absolute Gasteiger partial charge is 0.454 e. The summed E-state index contributed by atoms with van der Waals surface area (Å²) in [5.41, 5.74) is 0.780. The quantitative estimate of drug-likeness (QED) is 0.782. The lowest BCUT2D eigenvalue weighted by atomic mass is 10.0. The fourth-order valence-corrected chi connectivity index (χ4v) is 2.02. The van der Waals surface area contributed by atoms with Gasteiger partial charge in [0.15, 0.2) is 23.1 Å². The maximum atomic E-state index is 12.1. The van der Waals surface area contributed by atoms with E-state index in [1.54, 1.807) is 30.3 Å². The highest BCUT2D eigenvalue weighted by atomic mass is 16.7. The average Bonchev–Trinajstić information content (AvgIpc) is 3.00. The van der Waals surface area contributed by atoms with E-state index in [1.165, 1.54) is 6.20 Å². The summed E-state index contributed by atoms with van der Waals surface area (Å²) < 4.78 is 10.4. The molecule has 1 aliphatic rings. The molecule has 3 rings (SSSR count). The van der Waals surface area contributed by atoms with E-state index in [4.69, 9.17) is 9.47 Å². The molecule has 2 heterocycles. The maximum Gasteiger partial charge on any atom is 0.231 e. The van der Waals surface area contributed by atoms with E-state index in [1.807, 2.05) is 0 Å². The van der Waals surface area contributed by atoms with Crippen LogP contribution in [-0.2, 0) is 0 Å². The molecule has 0 saturated carbocycles. The number of ether oxygens (including phenoxy) is 2. The second-order valence-electron chi connectivity index (χ2n) is 4.52. The summed E-state index contributed by atoms with van der Waals surface area (Å²) >= 11 is 0. The molecule has 0 unspecified atom stereocenters. The van der Waals surface area contributed by atoms with Gasteiger partial charge in [0.05, 0.1) is 0 Å². The first kappa shape index (κ1) is 13.2. The van der Waals surface area contributed by atoms with Crippen molar-refractivity contribution in [2.75, 3.05) is 6.79 Å². The van der Waals surface area contributed by atoms with Crippen LogP contribution in [0.15, 0.2) is 36.5 Å². The van der Waals surface area contributed by atoms with Gasteiger partial charge in [0.1, 0.15) is 5.69 Å². The number of aromatic nitrogens is 2. The lowest BCUT2D eigenvalue weighted by molar-refractivity contribution is 0.0914. The van der Waals surface area contributed by atoms with Crippen LogP contribution in [0.5, 0.6) is 11.5 Å². The van der Waals surface area contributed by atoms with Crippen LogP contribution in [0.2, 0.25) is 0 Å². The first-order chi connectivity index (χ1) is 10.2. The number of fused-ring (bicyclic) bond motifs is 1. The summed E-state index contributed by atoms with van der Waals surface area (Å²) in [7, 11) is 0. The van der Waals surface area contributed by atoms with Crippen LogP contribution in [0.3, 0.4) is 0 Å². The third kappa shape index (κ3) is 2.89. The molecule has 0 bridgehead atoms. The summed E-state index contributed by atoms with van der Waals surface area (Å²) in [6.07, 6.45) is 1.72. The van der Waals surface area contributed by atoms with Crippen molar-refractivity contribution in [3.63, 3.8) is 0 Å². The summed E-state index contributed by atoms with van der Waals surface area (Å²) in [4.78, 5) is 24.0. The second-order valence-corrected chi connectivity index (χ2v) is 4.52. The van der Waals surface area contributed by atoms with Gasteiger partial charge >= 0.3 is 0 Å². The highest BCUT2D eigenvalue weighted by molar-refractivity contribution is 6.01. The zero-order chi connectivity index (χ0) is 14.7. The van der Waals surface area contributed by atoms with Crippen molar-refractivity contribution in [3.05, 3.63) is 47.8 Å². The van der Waals surface area contributed by atoms with Crippen LogP contribution in [0.25, 0.3) is 0 Å². The Morgan fingerprint density at radius 3 is 2.67 bits per heavy atom. The van der Waals surface area contributed by atoms with Gasteiger partial charge in [-0.15, -0.1) is 5.10 Å². The monoisotopic (exact) mass is 284 g/mol. The Balaban J connectivity index is 1.63. The van der Waals surface area contributed by atoms with Crippen LogP contribution < -0.4 is 9.47 Å². The Labute approximate surface area is 120 Å². The number of ketones is 2. The highest BCUT2D eigenvalue weighted by Gasteiger charge is 2.17. The van der Waals surface area contributed by atoms with E-state index >= 15 is 0 Å². The molecule has 1 aromatic heterocycles. The molecule has 1 aliphatic heterocycles. The van der Waals surface area contributed by atoms with Gasteiger partial charge in [0.2, 0.25) is 6.79 Å². The Bertz CT molecular complexity index is 685. The Morgan fingerprint density at radius 2 is 1.86 bits per heavy atom. The zero-order valence-corrected chi connectivity index (χ0v) is 11.1. The molecule has 0 N–H and O–H groups in total. The molecule has 6 heteroatoms. The molecule has 6 nitrogen and oxygen atoms in total. The van der Waals surface area contributed by atoms with Gasteiger partial charge in [-0.2, -0.15) is 5.10 Å². The minimum absolute atomic E-state index is 0.103. The van der Waals surface area contributed by atoms with Crippen molar-refractivity contribution in [1.29, 1.82) is 0 Å². The number of carbonyl (C=O) groups is 2. The smallest absolute Gasteiger partial charge is 0.231 e. The van der Waals surface area contributed by atoms with Gasteiger partial charge in [0.25, 0.3) is 0 Å². The van der Waals surface area contributed by atoms with E-state index in [0.29, 0.717) is 17.1 Å². The number of Topliss-reactive ketones (excluding diaryl/α,β-unsaturated/α-hetero) is 2. The summed E-state index contributed by atoms with van der Waals surface area (Å²) in [6.45, 7) is 0.165. The molecule has 0 radical (unpaired) electrons. The molecule has 2 aromatic rings. The topological polar surface area (TPSA) is 78.4 Å². The first-order valence-electron chi connectivity index (χ1n) is 6.48. The third-order valence-electron chi connectivity index (χ3n) is 3.13. The van der Waals surface area contributed by atoms with Crippen molar-refractivity contribution in [1.82, 2.24) is 10.2 Å². The number of rotatable bonds is 5. The third-order valence-corrected chi connectivity index (χ3v) is 3.13. The minimum atomic E-state index is -0.197. The van der Waals surface area contributed by atoms with Crippen LogP contribution in [0.1, 0.15) is 33.7 Å². The molecule has 106 valence electrons. The molecule has 0 atom stereocenters. The molecule has 0 saturated heterocycles. The van der Waals surface area contributed by atoms with Gasteiger partial charge < -0.3 is 9.47 Å². The van der Waals surface area contributed by atoms with E-state index in [0.717, 1.165) is 0 Å². The molecule has 0 spiro atoms. The SMILES string of the molecule is O=C(CCC(=O)c1cccnn1)c1ccc2c(c1)OCO2. The van der Waals surface area contributed by atoms with E-state index in [9.17, 15) is 9.59 Å². The predicted molar refractivity (Wildman–Crippen MR) is 72.5 cm³/mol. The molecule has 0 aliphatic carbocycles. The van der Waals surface area contributed by atoms with Crippen LogP contribution in [-0.4, -0.2) is 28.6 Å². The standard InChI is InChI=1S/C15H12N2O4/c18-12(4-5-13(19)11-2-1-7-16-17-11)10-3-6-14-15(8-10)21-9-20-14/h1-3,6-8H,4-5,9H2. The van der Waals surface area contributed by atoms with Gasteiger partial charge in [-0.25, -0.2) is 0 Å². The molecule has 1 aromatic carbocycles. The van der Waals surface area contributed by atoms with Gasteiger partial charge in [-0.05, 0) is 30.3 Å². The minimum Gasteiger partial charge on any atom is -0.454 e. The van der Waals surface area contributed by atoms with Crippen molar-refractivity contribution < 1.29 is 19.1 Å². The van der Waals surface area contributed by atoms with Crippen LogP contribution >= 0.6 is 0 Å². The van der Waals surface area contributed by atoms with Crippen molar-refractivity contribution >= 4 is 11.6 Å². The van der Waals surface area contributed by atoms with Crippen molar-refractivity contribution in [2.24, 2.45) is 0 Å². The lowest BCUT2D eigenvalue weighted by Gasteiger charge is -2.02. The fourth-order valence-electron chi connectivity index (χ4n) is 2.02. The normalized spacial score (nSPS) is 12.2. The Kier molecular flexibility index (Phi) is 3.59. The molecule has 0 fully saturated rings. The number of hydrogen-bond acceptors (Lipinski definition) is 6. The number of hydrogen-bond donors (Lipinski definition) is 0. The second kappa shape index (κ2) is 5.70. The highest BCUT2D eigenvalue weighted by Crippen LogP contribution is 2.32. The zero-order valence-electron chi connectivity index (χ0n) is 11.1. The maximum absolute atomic E-state index is 12.1. The first-order valence-corrected chi connectivity index (χ1v) is 6.48. The van der Waals surface area contributed by atoms with Gasteiger partial charge in [-0.3, -0.25) is 9.59 Å². The van der Waals surface area contributed by atoms with E-state index in [2.05, 4.69) is 10.2 Å². The Morgan fingerprint density at radius 1 is 1.05 bits per heavy atom. The van der Waals surface area contributed by atoms with Crippen LogP contribution in [0, 0.1) is 0 Å². The fraction of sp³-hybridized carbons (Fsp3) is 0.200. The number of benzene rings is 1. The van der Waals surface area contributed by atoms with Crippen molar-refractivity contribution in [3.8, 4) is 11.5 Å². The molecule has 0 amide bonds.